The monoisotopic (exact) mass is 299 g/mol. The molecule has 124 valence electrons. The summed E-state index contributed by atoms with van der Waals surface area (Å²) in [5.41, 5.74) is 5.99. The molecule has 1 heterocycles. The number of carbonyl (C=O) groups is 1. The molecule has 1 saturated heterocycles. The number of ether oxygens (including phenoxy) is 1. The summed E-state index contributed by atoms with van der Waals surface area (Å²) in [4.78, 5) is 16.8. The normalized spacial score (nSPS) is 17.0. The third-order valence-electron chi connectivity index (χ3n) is 4.58. The van der Waals surface area contributed by atoms with Gasteiger partial charge in [-0.3, -0.25) is 9.69 Å². The Morgan fingerprint density at radius 2 is 1.86 bits per heavy atom. The largest absolute Gasteiger partial charge is 0.383 e. The van der Waals surface area contributed by atoms with Gasteiger partial charge >= 0.3 is 0 Å². The van der Waals surface area contributed by atoms with Crippen molar-refractivity contribution in [2.24, 2.45) is 5.73 Å². The average Bonchev–Trinajstić information content (AvgIpc) is 3.03. The van der Waals surface area contributed by atoms with Gasteiger partial charge in [0.1, 0.15) is 0 Å². The summed E-state index contributed by atoms with van der Waals surface area (Å²) in [5.74, 6) is 0.260. The van der Waals surface area contributed by atoms with Crippen LogP contribution in [-0.2, 0) is 9.53 Å². The number of nitrogens with zero attached hydrogens (tertiary/aromatic N) is 2. The zero-order valence-electron chi connectivity index (χ0n) is 14.0. The zero-order valence-corrected chi connectivity index (χ0v) is 14.0. The quantitative estimate of drug-likeness (QED) is 0.663. The Morgan fingerprint density at radius 3 is 2.33 bits per heavy atom. The summed E-state index contributed by atoms with van der Waals surface area (Å²) in [6.07, 6.45) is 4.97. The van der Waals surface area contributed by atoms with Crippen LogP contribution < -0.4 is 5.73 Å². The maximum Gasteiger partial charge on any atom is 0.224 e. The van der Waals surface area contributed by atoms with E-state index in [0.717, 1.165) is 45.3 Å². The fraction of sp³-hybridized carbons (Fsp3) is 0.938. The van der Waals surface area contributed by atoms with Gasteiger partial charge in [-0.05, 0) is 25.7 Å². The number of carbonyl (C=O) groups excluding carboxylic acids is 1. The topological polar surface area (TPSA) is 58.8 Å². The van der Waals surface area contributed by atoms with Crippen molar-refractivity contribution in [3.63, 3.8) is 0 Å². The van der Waals surface area contributed by atoms with E-state index in [1.165, 1.54) is 0 Å². The first-order valence-corrected chi connectivity index (χ1v) is 8.40. The first-order valence-electron chi connectivity index (χ1n) is 8.40. The SMILES string of the molecule is CCC(CC)N(CCOC)C(CN)CC(=O)N1CCCC1. The number of likely N-dealkylation sites (tertiary alicyclic amines) is 1. The van der Waals surface area contributed by atoms with Crippen LogP contribution in [0.2, 0.25) is 0 Å². The van der Waals surface area contributed by atoms with Crippen LogP contribution in [0, 0.1) is 0 Å². The molecule has 0 aromatic carbocycles. The molecule has 0 saturated carbocycles. The van der Waals surface area contributed by atoms with E-state index < -0.39 is 0 Å². The van der Waals surface area contributed by atoms with Crippen LogP contribution in [0.1, 0.15) is 46.0 Å². The van der Waals surface area contributed by atoms with Crippen LogP contribution in [0.5, 0.6) is 0 Å². The van der Waals surface area contributed by atoms with Crippen LogP contribution in [0.15, 0.2) is 0 Å². The predicted octanol–water partition coefficient (Wildman–Crippen LogP) is 1.46. The Morgan fingerprint density at radius 1 is 1.24 bits per heavy atom. The highest BCUT2D eigenvalue weighted by atomic mass is 16.5. The predicted molar refractivity (Wildman–Crippen MR) is 86.2 cm³/mol. The molecule has 1 rings (SSSR count). The standard InChI is InChI=1S/C16H33N3O2/c1-4-14(5-2)19(10-11-21-3)15(13-17)12-16(20)18-8-6-7-9-18/h14-15H,4-13,17H2,1-3H3. The number of hydrogen-bond donors (Lipinski definition) is 1. The van der Waals surface area contributed by atoms with Gasteiger partial charge in [-0.1, -0.05) is 13.8 Å². The molecule has 1 aliphatic heterocycles. The van der Waals surface area contributed by atoms with Crippen LogP contribution in [0.25, 0.3) is 0 Å². The lowest BCUT2D eigenvalue weighted by Crippen LogP contribution is -2.50. The van der Waals surface area contributed by atoms with Gasteiger partial charge in [0.2, 0.25) is 5.91 Å². The summed E-state index contributed by atoms with van der Waals surface area (Å²) in [5, 5.41) is 0. The third-order valence-corrected chi connectivity index (χ3v) is 4.58. The van der Waals surface area contributed by atoms with Crippen LogP contribution >= 0.6 is 0 Å². The number of amides is 1. The number of methoxy groups -OCH3 is 1. The molecule has 0 aromatic rings. The lowest BCUT2D eigenvalue weighted by molar-refractivity contribution is -0.131. The summed E-state index contributed by atoms with van der Waals surface area (Å²) < 4.78 is 5.23. The molecule has 0 aliphatic carbocycles. The van der Waals surface area contributed by atoms with Crippen molar-refractivity contribution in [1.82, 2.24) is 9.80 Å². The van der Waals surface area contributed by atoms with Crippen molar-refractivity contribution >= 4 is 5.91 Å². The second-order valence-electron chi connectivity index (χ2n) is 5.88. The van der Waals surface area contributed by atoms with Gasteiger partial charge in [0.25, 0.3) is 0 Å². The lowest BCUT2D eigenvalue weighted by atomic mass is 10.0. The lowest BCUT2D eigenvalue weighted by Gasteiger charge is -2.37. The van der Waals surface area contributed by atoms with Gasteiger partial charge in [0, 0.05) is 51.8 Å². The van der Waals surface area contributed by atoms with Crippen molar-refractivity contribution < 1.29 is 9.53 Å². The first-order chi connectivity index (χ1) is 10.2. The van der Waals surface area contributed by atoms with Crippen molar-refractivity contribution in [3.05, 3.63) is 0 Å². The van der Waals surface area contributed by atoms with Gasteiger partial charge in [0.15, 0.2) is 0 Å². The Bertz CT molecular complexity index is 289. The fourth-order valence-electron chi connectivity index (χ4n) is 3.25. The average molecular weight is 299 g/mol. The van der Waals surface area contributed by atoms with E-state index in [-0.39, 0.29) is 11.9 Å². The van der Waals surface area contributed by atoms with E-state index in [0.29, 0.717) is 25.6 Å². The van der Waals surface area contributed by atoms with Crippen LogP contribution in [0.4, 0.5) is 0 Å². The van der Waals surface area contributed by atoms with Crippen molar-refractivity contribution in [2.75, 3.05) is 39.9 Å². The molecule has 0 spiro atoms. The maximum atomic E-state index is 12.4. The smallest absolute Gasteiger partial charge is 0.224 e. The molecular formula is C16H33N3O2. The molecule has 0 radical (unpaired) electrons. The highest BCUT2D eigenvalue weighted by molar-refractivity contribution is 5.77. The molecule has 1 aliphatic rings. The van der Waals surface area contributed by atoms with Gasteiger partial charge in [-0.25, -0.2) is 0 Å². The van der Waals surface area contributed by atoms with Gasteiger partial charge in [-0.15, -0.1) is 0 Å². The minimum Gasteiger partial charge on any atom is -0.383 e. The Hall–Kier alpha value is -0.650. The molecule has 0 bridgehead atoms. The van der Waals surface area contributed by atoms with Crippen molar-refractivity contribution in [1.29, 1.82) is 0 Å². The minimum absolute atomic E-state index is 0.123. The van der Waals surface area contributed by atoms with Gasteiger partial charge in [-0.2, -0.15) is 0 Å². The maximum absolute atomic E-state index is 12.4. The molecule has 1 amide bonds. The molecule has 21 heavy (non-hydrogen) atoms. The van der Waals surface area contributed by atoms with E-state index in [4.69, 9.17) is 10.5 Å². The molecule has 5 nitrogen and oxygen atoms in total. The highest BCUT2D eigenvalue weighted by Crippen LogP contribution is 2.17. The second kappa shape index (κ2) is 10.1. The third kappa shape index (κ3) is 5.57. The zero-order chi connectivity index (χ0) is 15.7. The molecular weight excluding hydrogens is 266 g/mol. The molecule has 5 heteroatoms. The molecule has 1 unspecified atom stereocenters. The minimum atomic E-state index is 0.123. The molecule has 1 fully saturated rings. The summed E-state index contributed by atoms with van der Waals surface area (Å²) in [6, 6.07) is 0.596. The summed E-state index contributed by atoms with van der Waals surface area (Å²) in [7, 11) is 1.72. The Labute approximate surface area is 129 Å². The van der Waals surface area contributed by atoms with Crippen LogP contribution in [-0.4, -0.2) is 67.7 Å². The molecule has 2 N–H and O–H groups in total. The van der Waals surface area contributed by atoms with E-state index in [1.807, 2.05) is 4.90 Å². The fourth-order valence-corrected chi connectivity index (χ4v) is 3.25. The Balaban J connectivity index is 2.67. The van der Waals surface area contributed by atoms with E-state index >= 15 is 0 Å². The summed E-state index contributed by atoms with van der Waals surface area (Å²) in [6.45, 7) is 8.29. The second-order valence-corrected chi connectivity index (χ2v) is 5.88. The first kappa shape index (κ1) is 18.4. The Kier molecular flexibility index (Phi) is 8.88. The molecule has 0 aromatic heterocycles. The van der Waals surface area contributed by atoms with Crippen molar-refractivity contribution in [3.8, 4) is 0 Å². The number of rotatable bonds is 10. The van der Waals surface area contributed by atoms with E-state index in [1.54, 1.807) is 7.11 Å². The summed E-state index contributed by atoms with van der Waals surface area (Å²) >= 11 is 0. The highest BCUT2D eigenvalue weighted by Gasteiger charge is 2.27. The number of hydrogen-bond acceptors (Lipinski definition) is 4. The van der Waals surface area contributed by atoms with Gasteiger partial charge in [0.05, 0.1) is 6.61 Å². The van der Waals surface area contributed by atoms with E-state index in [9.17, 15) is 4.79 Å². The van der Waals surface area contributed by atoms with Gasteiger partial charge < -0.3 is 15.4 Å². The number of nitrogens with two attached hydrogens (primary N) is 1. The van der Waals surface area contributed by atoms with E-state index in [2.05, 4.69) is 18.7 Å². The van der Waals surface area contributed by atoms with Crippen molar-refractivity contribution in [2.45, 2.75) is 58.0 Å². The van der Waals surface area contributed by atoms with Crippen LogP contribution in [0.3, 0.4) is 0 Å². The molecule has 1 atom stereocenters.